The topological polar surface area (TPSA) is 0 Å². The number of rotatable bonds is 0. The molecule has 0 aromatic carbocycles. The average Bonchev–Trinajstić information content (AvgIpc) is 3.15. The van der Waals surface area contributed by atoms with Crippen molar-refractivity contribution in [2.75, 3.05) is 0 Å². The van der Waals surface area contributed by atoms with Crippen LogP contribution in [0.1, 0.15) is 25.7 Å². The highest BCUT2D eigenvalue weighted by molar-refractivity contribution is 5.62. The lowest BCUT2D eigenvalue weighted by atomic mass is 9.25. The van der Waals surface area contributed by atoms with Crippen LogP contribution in [0.3, 0.4) is 0 Å². The molecule has 0 heteroatoms. The van der Waals surface area contributed by atoms with Crippen LogP contribution in [0, 0.1) is 80.8 Å². The minimum absolute atomic E-state index is 0.929. The smallest absolute Gasteiger partial charge is 0.00651 e. The van der Waals surface area contributed by atoms with Gasteiger partial charge in [-0.05, 0) is 107 Å². The van der Waals surface area contributed by atoms with E-state index in [-0.39, 0.29) is 0 Å². The van der Waals surface area contributed by atoms with Gasteiger partial charge >= 0.3 is 0 Å². The fourth-order valence-corrected chi connectivity index (χ4v) is 14.8. The van der Waals surface area contributed by atoms with E-state index in [4.69, 9.17) is 0 Å². The molecule has 20 heavy (non-hydrogen) atoms. The summed E-state index contributed by atoms with van der Waals surface area (Å²) in [4.78, 5) is 0. The SMILES string of the molecule is C1=C[C@H]2[C@@H]3C[C@@]45[C@@H]6C[C@H]7C8C6[C@@H]6C[C@H]8[C@]8([C@H]1[C@H]3C[C@@]648)[C@@]725. The Labute approximate surface area is 119 Å². The van der Waals surface area contributed by atoms with Crippen molar-refractivity contribution in [1.82, 2.24) is 0 Å². The molecule has 10 fully saturated rings. The summed E-state index contributed by atoms with van der Waals surface area (Å²) in [7, 11) is 0. The molecule has 14 atom stereocenters. The van der Waals surface area contributed by atoms with Gasteiger partial charge in [-0.2, -0.15) is 0 Å². The van der Waals surface area contributed by atoms with Gasteiger partial charge in [0.2, 0.25) is 0 Å². The van der Waals surface area contributed by atoms with E-state index in [9.17, 15) is 0 Å². The maximum Gasteiger partial charge on any atom is -0.00651 e. The predicted octanol–water partition coefficient (Wildman–Crippen LogP) is 3.35. The molecule has 0 nitrogen and oxygen atoms in total. The van der Waals surface area contributed by atoms with Crippen LogP contribution >= 0.6 is 0 Å². The first-order valence-electron chi connectivity index (χ1n) is 9.56. The number of hydrogen-bond donors (Lipinski definition) is 0. The molecule has 0 aliphatic heterocycles. The molecule has 100 valence electrons. The van der Waals surface area contributed by atoms with Gasteiger partial charge in [-0.25, -0.2) is 0 Å². The van der Waals surface area contributed by atoms with E-state index in [1.54, 1.807) is 25.7 Å². The van der Waals surface area contributed by atoms with Crippen LogP contribution in [0.4, 0.5) is 0 Å². The molecule has 0 aromatic heterocycles. The normalized spacial score (nSPS) is 98.8. The zero-order valence-corrected chi connectivity index (χ0v) is 11.8. The lowest BCUT2D eigenvalue weighted by molar-refractivity contribution is -0.315. The summed E-state index contributed by atoms with van der Waals surface area (Å²) in [5.74, 6) is 12.0. The van der Waals surface area contributed by atoms with Gasteiger partial charge in [0.1, 0.15) is 0 Å². The summed E-state index contributed by atoms with van der Waals surface area (Å²) in [5, 5.41) is 0. The monoisotopic (exact) mass is 260 g/mol. The van der Waals surface area contributed by atoms with Crippen LogP contribution in [-0.4, -0.2) is 0 Å². The molecule has 0 saturated heterocycles. The van der Waals surface area contributed by atoms with Gasteiger partial charge in [0.05, 0.1) is 0 Å². The lowest BCUT2D eigenvalue weighted by Gasteiger charge is -2.78. The minimum Gasteiger partial charge on any atom is -0.0842 e. The molecule has 10 bridgehead atoms. The van der Waals surface area contributed by atoms with Gasteiger partial charge < -0.3 is 0 Å². The maximum absolute atomic E-state index is 2.81. The van der Waals surface area contributed by atoms with Crippen molar-refractivity contribution >= 4 is 0 Å². The van der Waals surface area contributed by atoms with Crippen molar-refractivity contribution in [1.29, 1.82) is 0 Å². The van der Waals surface area contributed by atoms with Crippen LogP contribution in [-0.2, 0) is 0 Å². The highest BCUT2D eigenvalue weighted by atomic mass is 15.2. The zero-order valence-electron chi connectivity index (χ0n) is 11.8. The first-order chi connectivity index (χ1) is 9.87. The van der Waals surface area contributed by atoms with Gasteiger partial charge in [0.25, 0.3) is 0 Å². The average molecular weight is 260 g/mol. The first kappa shape index (κ1) is 8.39. The van der Waals surface area contributed by atoms with Crippen molar-refractivity contribution in [3.8, 4) is 0 Å². The van der Waals surface area contributed by atoms with E-state index in [1.807, 2.05) is 0 Å². The Morgan fingerprint density at radius 2 is 1.15 bits per heavy atom. The predicted molar refractivity (Wildman–Crippen MR) is 72.2 cm³/mol. The lowest BCUT2D eigenvalue weighted by Crippen LogP contribution is -2.76. The Balaban J connectivity index is 1.60. The Hall–Kier alpha value is -0.260. The van der Waals surface area contributed by atoms with Crippen LogP contribution in [0.15, 0.2) is 12.2 Å². The van der Waals surface area contributed by atoms with Gasteiger partial charge in [-0.3, -0.25) is 0 Å². The van der Waals surface area contributed by atoms with Gasteiger partial charge in [-0.15, -0.1) is 0 Å². The molecule has 0 aromatic rings. The fraction of sp³-hybridized carbons (Fsp3) is 0.900. The minimum atomic E-state index is 0.929. The molecule has 0 N–H and O–H groups in total. The molecular weight excluding hydrogens is 240 g/mol. The van der Waals surface area contributed by atoms with Gasteiger partial charge in [0.15, 0.2) is 0 Å². The molecule has 12 rings (SSSR count). The third-order valence-corrected chi connectivity index (χ3v) is 12.9. The molecule has 12 aliphatic rings. The van der Waals surface area contributed by atoms with E-state index in [1.165, 1.54) is 47.3 Å². The Morgan fingerprint density at radius 1 is 0.650 bits per heavy atom. The second-order valence-corrected chi connectivity index (χ2v) is 10.9. The summed E-state index contributed by atoms with van der Waals surface area (Å²) in [5.41, 5.74) is 3.76. The van der Waals surface area contributed by atoms with E-state index in [2.05, 4.69) is 12.2 Å². The van der Waals surface area contributed by atoms with Crippen LogP contribution in [0.5, 0.6) is 0 Å². The van der Waals surface area contributed by atoms with Gasteiger partial charge in [-0.1, -0.05) is 12.2 Å². The standard InChI is InChI=1S/C20H20/c1-2-10-8-6-18-12-4-14-16-13-3-11(15(12)16)17(18)5-7(8)9(1)19(13,17)20(10,14)18/h1-2,7-16H,3-6H2/t7-,8+,9+,10-,11-,12+,13+,14-,15?,16?,17-,18-,19-,20+/m1/s1. The molecule has 0 amide bonds. The second kappa shape index (κ2) is 1.65. The summed E-state index contributed by atoms with van der Waals surface area (Å²) in [6, 6.07) is 0. The molecule has 4 spiro atoms. The van der Waals surface area contributed by atoms with Crippen LogP contribution < -0.4 is 0 Å². The van der Waals surface area contributed by atoms with Crippen molar-refractivity contribution in [2.24, 2.45) is 80.8 Å². The van der Waals surface area contributed by atoms with E-state index in [0.29, 0.717) is 0 Å². The van der Waals surface area contributed by atoms with Gasteiger partial charge in [0, 0.05) is 0 Å². The first-order valence-corrected chi connectivity index (χ1v) is 9.56. The van der Waals surface area contributed by atoms with Crippen LogP contribution in [0.2, 0.25) is 0 Å². The Bertz CT molecular complexity index is 689. The molecule has 12 aliphatic carbocycles. The summed E-state index contributed by atoms with van der Waals surface area (Å²) < 4.78 is 0. The highest BCUT2D eigenvalue weighted by Crippen LogP contribution is 3.17. The molecule has 2 unspecified atom stereocenters. The Morgan fingerprint density at radius 3 is 1.70 bits per heavy atom. The van der Waals surface area contributed by atoms with Crippen molar-refractivity contribution < 1.29 is 0 Å². The third-order valence-electron chi connectivity index (χ3n) is 12.9. The fourth-order valence-electron chi connectivity index (χ4n) is 14.8. The van der Waals surface area contributed by atoms with E-state index in [0.717, 1.165) is 33.5 Å². The third kappa shape index (κ3) is 0.309. The Kier molecular flexibility index (Phi) is 0.693. The largest absolute Gasteiger partial charge is 0.0842 e. The molecule has 0 heterocycles. The van der Waals surface area contributed by atoms with Crippen molar-refractivity contribution in [2.45, 2.75) is 25.7 Å². The van der Waals surface area contributed by atoms with Crippen molar-refractivity contribution in [3.05, 3.63) is 12.2 Å². The zero-order chi connectivity index (χ0) is 12.0. The summed E-state index contributed by atoms with van der Waals surface area (Å²) >= 11 is 0. The number of hydrogen-bond acceptors (Lipinski definition) is 0. The number of allylic oxidation sites excluding steroid dienone is 2. The van der Waals surface area contributed by atoms with Crippen LogP contribution in [0.25, 0.3) is 0 Å². The highest BCUT2D eigenvalue weighted by Gasteiger charge is 3.13. The van der Waals surface area contributed by atoms with E-state index < -0.39 is 0 Å². The molecule has 10 saturated carbocycles. The van der Waals surface area contributed by atoms with E-state index >= 15 is 0 Å². The quantitative estimate of drug-likeness (QED) is 0.586. The second-order valence-electron chi connectivity index (χ2n) is 10.9. The summed E-state index contributed by atoms with van der Waals surface area (Å²) in [6.07, 6.45) is 12.5. The maximum atomic E-state index is 2.81. The summed E-state index contributed by atoms with van der Waals surface area (Å²) in [6.45, 7) is 0. The molecule has 0 radical (unpaired) electrons. The van der Waals surface area contributed by atoms with Crippen molar-refractivity contribution in [3.63, 3.8) is 0 Å². The molecular formula is C20H20.